The predicted octanol–water partition coefficient (Wildman–Crippen LogP) is 2.34. The summed E-state index contributed by atoms with van der Waals surface area (Å²) in [5.74, 6) is -0.778. The Hall–Kier alpha value is -1.62. The number of carbonyl (C=O) groups excluding carboxylic acids is 1. The molecule has 1 rings (SSSR count). The SMILES string of the molecule is CCC(CC)N(CCO)C(=O)c1cc(N)c(C)c(F)c1. The van der Waals surface area contributed by atoms with Crippen molar-refractivity contribution >= 4 is 11.6 Å². The van der Waals surface area contributed by atoms with Gasteiger partial charge in [-0.3, -0.25) is 4.79 Å². The monoisotopic (exact) mass is 282 g/mol. The smallest absolute Gasteiger partial charge is 0.254 e. The number of carbonyl (C=O) groups is 1. The summed E-state index contributed by atoms with van der Waals surface area (Å²) >= 11 is 0. The molecule has 0 saturated heterocycles. The second kappa shape index (κ2) is 7.24. The molecular formula is C15H23FN2O2. The van der Waals surface area contributed by atoms with Gasteiger partial charge in [0.25, 0.3) is 5.91 Å². The molecule has 20 heavy (non-hydrogen) atoms. The number of aliphatic hydroxyl groups is 1. The summed E-state index contributed by atoms with van der Waals surface area (Å²) in [6.07, 6.45) is 1.57. The number of halogens is 1. The summed E-state index contributed by atoms with van der Waals surface area (Å²) in [5.41, 5.74) is 6.55. The molecule has 0 aliphatic rings. The summed E-state index contributed by atoms with van der Waals surface area (Å²) < 4.78 is 13.7. The molecule has 0 fully saturated rings. The van der Waals surface area contributed by atoms with Crippen LogP contribution in [0.4, 0.5) is 10.1 Å². The van der Waals surface area contributed by atoms with Gasteiger partial charge in [-0.25, -0.2) is 4.39 Å². The van der Waals surface area contributed by atoms with E-state index in [9.17, 15) is 9.18 Å². The molecule has 5 heteroatoms. The van der Waals surface area contributed by atoms with Crippen molar-refractivity contribution in [3.63, 3.8) is 0 Å². The van der Waals surface area contributed by atoms with Gasteiger partial charge in [-0.05, 0) is 31.9 Å². The first-order chi connectivity index (χ1) is 9.46. The van der Waals surface area contributed by atoms with E-state index >= 15 is 0 Å². The highest BCUT2D eigenvalue weighted by atomic mass is 19.1. The molecule has 0 saturated carbocycles. The number of hydrogen-bond donors (Lipinski definition) is 2. The number of nitrogens with two attached hydrogens (primary N) is 1. The van der Waals surface area contributed by atoms with Crippen LogP contribution in [0.15, 0.2) is 12.1 Å². The first-order valence-corrected chi connectivity index (χ1v) is 6.93. The molecule has 0 radical (unpaired) electrons. The van der Waals surface area contributed by atoms with Crippen molar-refractivity contribution < 1.29 is 14.3 Å². The van der Waals surface area contributed by atoms with E-state index in [2.05, 4.69) is 0 Å². The minimum atomic E-state index is -0.484. The summed E-state index contributed by atoms with van der Waals surface area (Å²) in [6.45, 7) is 5.66. The molecule has 0 aromatic heterocycles. The Morgan fingerprint density at radius 2 is 2.00 bits per heavy atom. The highest BCUT2D eigenvalue weighted by molar-refractivity contribution is 5.95. The van der Waals surface area contributed by atoms with Crippen molar-refractivity contribution in [1.82, 2.24) is 4.90 Å². The van der Waals surface area contributed by atoms with Crippen LogP contribution in [0.25, 0.3) is 0 Å². The zero-order valence-corrected chi connectivity index (χ0v) is 12.3. The maximum absolute atomic E-state index is 13.7. The van der Waals surface area contributed by atoms with Crippen molar-refractivity contribution in [2.75, 3.05) is 18.9 Å². The van der Waals surface area contributed by atoms with Crippen LogP contribution in [-0.2, 0) is 0 Å². The number of anilines is 1. The number of hydrogen-bond acceptors (Lipinski definition) is 3. The zero-order chi connectivity index (χ0) is 15.3. The Balaban J connectivity index is 3.12. The van der Waals surface area contributed by atoms with E-state index in [1.807, 2.05) is 13.8 Å². The van der Waals surface area contributed by atoms with E-state index in [4.69, 9.17) is 10.8 Å². The maximum Gasteiger partial charge on any atom is 0.254 e. The van der Waals surface area contributed by atoms with E-state index < -0.39 is 5.82 Å². The van der Waals surface area contributed by atoms with Crippen molar-refractivity contribution in [1.29, 1.82) is 0 Å². The molecule has 112 valence electrons. The molecule has 1 aromatic rings. The third kappa shape index (κ3) is 3.48. The van der Waals surface area contributed by atoms with Gasteiger partial charge in [-0.1, -0.05) is 13.8 Å². The van der Waals surface area contributed by atoms with Crippen LogP contribution >= 0.6 is 0 Å². The van der Waals surface area contributed by atoms with E-state index in [-0.39, 0.29) is 36.4 Å². The van der Waals surface area contributed by atoms with Crippen LogP contribution in [0.1, 0.15) is 42.6 Å². The average molecular weight is 282 g/mol. The first kappa shape index (κ1) is 16.4. The molecule has 1 aromatic carbocycles. The number of aliphatic hydroxyl groups excluding tert-OH is 1. The highest BCUT2D eigenvalue weighted by Gasteiger charge is 2.23. The van der Waals surface area contributed by atoms with Gasteiger partial charge in [-0.2, -0.15) is 0 Å². The fourth-order valence-corrected chi connectivity index (χ4v) is 2.28. The number of amides is 1. The van der Waals surface area contributed by atoms with Gasteiger partial charge < -0.3 is 15.7 Å². The molecule has 1 amide bonds. The third-order valence-corrected chi connectivity index (χ3v) is 3.62. The quantitative estimate of drug-likeness (QED) is 0.787. The fraction of sp³-hybridized carbons (Fsp3) is 0.533. The molecule has 0 aliphatic heterocycles. The second-order valence-corrected chi connectivity index (χ2v) is 4.86. The van der Waals surface area contributed by atoms with Crippen LogP contribution in [-0.4, -0.2) is 35.1 Å². The standard InChI is InChI=1S/C15H23FN2O2/c1-4-12(5-2)18(6-7-19)15(20)11-8-13(16)10(3)14(17)9-11/h8-9,12,19H,4-7,17H2,1-3H3. The van der Waals surface area contributed by atoms with Crippen LogP contribution < -0.4 is 5.73 Å². The molecule has 0 heterocycles. The minimum absolute atomic E-state index is 0.0280. The van der Waals surface area contributed by atoms with Gasteiger partial charge in [0.1, 0.15) is 5.82 Å². The maximum atomic E-state index is 13.7. The summed E-state index contributed by atoms with van der Waals surface area (Å²) in [4.78, 5) is 14.1. The summed E-state index contributed by atoms with van der Waals surface area (Å²) in [5, 5.41) is 9.13. The lowest BCUT2D eigenvalue weighted by molar-refractivity contribution is 0.0622. The molecule has 0 bridgehead atoms. The number of nitrogens with zero attached hydrogens (tertiary/aromatic N) is 1. The van der Waals surface area contributed by atoms with E-state index in [1.165, 1.54) is 12.1 Å². The Morgan fingerprint density at radius 1 is 1.40 bits per heavy atom. The van der Waals surface area contributed by atoms with Gasteiger partial charge in [0.2, 0.25) is 0 Å². The average Bonchev–Trinajstić information content (AvgIpc) is 2.43. The molecular weight excluding hydrogens is 259 g/mol. The number of rotatable bonds is 6. The van der Waals surface area contributed by atoms with Crippen LogP contribution in [0.5, 0.6) is 0 Å². The lowest BCUT2D eigenvalue weighted by Gasteiger charge is -2.30. The molecule has 4 nitrogen and oxygen atoms in total. The second-order valence-electron chi connectivity index (χ2n) is 4.86. The number of benzene rings is 1. The first-order valence-electron chi connectivity index (χ1n) is 6.93. The molecule has 0 aliphatic carbocycles. The van der Waals surface area contributed by atoms with Gasteiger partial charge >= 0.3 is 0 Å². The lowest BCUT2D eigenvalue weighted by atomic mass is 10.1. The predicted molar refractivity (Wildman–Crippen MR) is 78.0 cm³/mol. The topological polar surface area (TPSA) is 66.6 Å². The molecule has 3 N–H and O–H groups in total. The Kier molecular flexibility index (Phi) is 5.95. The summed E-state index contributed by atoms with van der Waals surface area (Å²) in [7, 11) is 0. The minimum Gasteiger partial charge on any atom is -0.398 e. The molecule has 0 atom stereocenters. The Labute approximate surface area is 119 Å². The van der Waals surface area contributed by atoms with Crippen molar-refractivity contribution in [2.24, 2.45) is 0 Å². The summed E-state index contributed by atoms with van der Waals surface area (Å²) in [6, 6.07) is 2.73. The van der Waals surface area contributed by atoms with Gasteiger partial charge in [0.05, 0.1) is 6.61 Å². The van der Waals surface area contributed by atoms with Crippen LogP contribution in [0, 0.1) is 12.7 Å². The zero-order valence-electron chi connectivity index (χ0n) is 12.3. The number of nitrogen functional groups attached to an aromatic ring is 1. The molecule has 0 unspecified atom stereocenters. The third-order valence-electron chi connectivity index (χ3n) is 3.62. The van der Waals surface area contributed by atoms with Gasteiger partial charge in [0.15, 0.2) is 0 Å². The van der Waals surface area contributed by atoms with Gasteiger partial charge in [-0.15, -0.1) is 0 Å². The largest absolute Gasteiger partial charge is 0.398 e. The van der Waals surface area contributed by atoms with E-state index in [0.717, 1.165) is 12.8 Å². The Bertz CT molecular complexity index is 450. The normalized spacial score (nSPS) is 10.9. The van der Waals surface area contributed by atoms with Crippen molar-refractivity contribution in [2.45, 2.75) is 39.7 Å². The van der Waals surface area contributed by atoms with Crippen molar-refractivity contribution in [3.05, 3.63) is 29.1 Å². The van der Waals surface area contributed by atoms with Crippen LogP contribution in [0.3, 0.4) is 0 Å². The van der Waals surface area contributed by atoms with Gasteiger partial charge in [0, 0.05) is 29.4 Å². The van der Waals surface area contributed by atoms with E-state index in [1.54, 1.807) is 11.8 Å². The lowest BCUT2D eigenvalue weighted by Crippen LogP contribution is -2.41. The highest BCUT2D eigenvalue weighted by Crippen LogP contribution is 2.20. The molecule has 0 spiro atoms. The van der Waals surface area contributed by atoms with E-state index in [0.29, 0.717) is 5.56 Å². The Morgan fingerprint density at radius 3 is 2.45 bits per heavy atom. The van der Waals surface area contributed by atoms with Crippen molar-refractivity contribution in [3.8, 4) is 0 Å². The fourth-order valence-electron chi connectivity index (χ4n) is 2.28. The van der Waals surface area contributed by atoms with Crippen LogP contribution in [0.2, 0.25) is 0 Å².